The van der Waals surface area contributed by atoms with Crippen molar-refractivity contribution in [3.63, 3.8) is 0 Å². The quantitative estimate of drug-likeness (QED) is 0.625. The van der Waals surface area contributed by atoms with E-state index in [-0.39, 0.29) is 5.78 Å². The predicted octanol–water partition coefficient (Wildman–Crippen LogP) is 4.85. The highest BCUT2D eigenvalue weighted by molar-refractivity contribution is 9.10. The third-order valence-corrected chi connectivity index (χ3v) is 4.50. The molecular formula is C19H13BrO2. The molecule has 3 heteroatoms. The average molecular weight is 353 g/mol. The Morgan fingerprint density at radius 2 is 1.82 bits per heavy atom. The lowest BCUT2D eigenvalue weighted by Gasteiger charge is -2.26. The Balaban J connectivity index is 1.85. The van der Waals surface area contributed by atoms with Crippen LogP contribution < -0.4 is 4.74 Å². The smallest absolute Gasteiger partial charge is 0.182 e. The average Bonchev–Trinajstić information content (AvgIpc) is 2.54. The first-order valence-corrected chi connectivity index (χ1v) is 7.97. The number of carbonyl (C=O) groups is 1. The highest BCUT2D eigenvalue weighted by Gasteiger charge is 2.30. The monoisotopic (exact) mass is 352 g/mol. The molecule has 1 aliphatic heterocycles. The van der Waals surface area contributed by atoms with E-state index in [2.05, 4.69) is 22.0 Å². The maximum atomic E-state index is 12.4. The molecule has 0 radical (unpaired) electrons. The van der Waals surface area contributed by atoms with Crippen molar-refractivity contribution >= 4 is 32.5 Å². The van der Waals surface area contributed by atoms with Gasteiger partial charge in [-0.1, -0.05) is 58.4 Å². The molecule has 0 saturated carbocycles. The lowest BCUT2D eigenvalue weighted by molar-refractivity contribution is -0.126. The Labute approximate surface area is 136 Å². The number of hydrogen-bond donors (Lipinski definition) is 0. The largest absolute Gasteiger partial charge is 0.477 e. The molecule has 3 aromatic carbocycles. The van der Waals surface area contributed by atoms with Gasteiger partial charge in [0.15, 0.2) is 11.9 Å². The van der Waals surface area contributed by atoms with Crippen LogP contribution in [0.3, 0.4) is 0 Å². The third kappa shape index (κ3) is 2.22. The number of rotatable bonds is 1. The molecule has 0 N–H and O–H groups in total. The van der Waals surface area contributed by atoms with Crippen LogP contribution in [0, 0.1) is 0 Å². The fourth-order valence-corrected chi connectivity index (χ4v) is 3.32. The van der Waals surface area contributed by atoms with Gasteiger partial charge in [-0.05, 0) is 29.1 Å². The normalized spacial score (nSPS) is 17.1. The summed E-state index contributed by atoms with van der Waals surface area (Å²) in [5, 5.41) is 2.16. The number of fused-ring (bicyclic) bond motifs is 3. The number of benzene rings is 3. The molecule has 2 nitrogen and oxygen atoms in total. The summed E-state index contributed by atoms with van der Waals surface area (Å²) in [4.78, 5) is 12.4. The first-order valence-electron chi connectivity index (χ1n) is 7.18. The van der Waals surface area contributed by atoms with Gasteiger partial charge in [0.05, 0.1) is 0 Å². The zero-order valence-electron chi connectivity index (χ0n) is 11.8. The molecule has 0 amide bonds. The van der Waals surface area contributed by atoms with Crippen LogP contribution in [0.1, 0.15) is 17.2 Å². The molecule has 1 unspecified atom stereocenters. The number of halogens is 1. The van der Waals surface area contributed by atoms with Gasteiger partial charge in [0.25, 0.3) is 0 Å². The number of Topliss-reactive ketones (excluding diaryl/α,β-unsaturated/α-hetero) is 1. The van der Waals surface area contributed by atoms with Crippen LogP contribution >= 0.6 is 15.9 Å². The SMILES string of the molecule is O=C1Cc2ccc3cc(Br)ccc3c2OC1c1ccccc1. The summed E-state index contributed by atoms with van der Waals surface area (Å²) in [6, 6.07) is 19.8. The van der Waals surface area contributed by atoms with Crippen LogP contribution in [0.4, 0.5) is 0 Å². The fraction of sp³-hybridized carbons (Fsp3) is 0.105. The van der Waals surface area contributed by atoms with Crippen molar-refractivity contribution < 1.29 is 9.53 Å². The van der Waals surface area contributed by atoms with E-state index in [1.165, 1.54) is 0 Å². The molecule has 4 rings (SSSR count). The maximum absolute atomic E-state index is 12.4. The van der Waals surface area contributed by atoms with Crippen LogP contribution in [0.25, 0.3) is 10.8 Å². The Morgan fingerprint density at radius 3 is 2.64 bits per heavy atom. The molecular weight excluding hydrogens is 340 g/mol. The summed E-state index contributed by atoms with van der Waals surface area (Å²) in [7, 11) is 0. The van der Waals surface area contributed by atoms with Crippen molar-refractivity contribution in [3.8, 4) is 5.75 Å². The number of ether oxygens (including phenoxy) is 1. The predicted molar refractivity (Wildman–Crippen MR) is 90.2 cm³/mol. The van der Waals surface area contributed by atoms with Crippen LogP contribution in [0.5, 0.6) is 5.75 Å². The van der Waals surface area contributed by atoms with E-state index in [1.807, 2.05) is 54.6 Å². The summed E-state index contributed by atoms with van der Waals surface area (Å²) in [6.07, 6.45) is -0.0936. The lowest BCUT2D eigenvalue weighted by atomic mass is 9.94. The molecule has 22 heavy (non-hydrogen) atoms. The first-order chi connectivity index (χ1) is 10.7. The third-order valence-electron chi connectivity index (χ3n) is 4.01. The molecule has 0 bridgehead atoms. The highest BCUT2D eigenvalue weighted by atomic mass is 79.9. The molecule has 108 valence electrons. The molecule has 0 aromatic heterocycles. The van der Waals surface area contributed by atoms with Gasteiger partial charge in [-0.25, -0.2) is 0 Å². The molecule has 0 saturated heterocycles. The molecule has 1 heterocycles. The van der Waals surface area contributed by atoms with Crippen molar-refractivity contribution in [1.82, 2.24) is 0 Å². The minimum Gasteiger partial charge on any atom is -0.477 e. The van der Waals surface area contributed by atoms with Gasteiger partial charge in [-0.2, -0.15) is 0 Å². The summed E-state index contributed by atoms with van der Waals surface area (Å²) in [5.74, 6) is 0.939. The zero-order chi connectivity index (χ0) is 15.1. The zero-order valence-corrected chi connectivity index (χ0v) is 13.3. The molecule has 3 aromatic rings. The van der Waals surface area contributed by atoms with Gasteiger partial charge in [0.2, 0.25) is 0 Å². The summed E-state index contributed by atoms with van der Waals surface area (Å²) < 4.78 is 7.15. The molecule has 1 aliphatic rings. The number of ketones is 1. The van der Waals surface area contributed by atoms with Gasteiger partial charge in [-0.15, -0.1) is 0 Å². The van der Waals surface area contributed by atoms with Gasteiger partial charge in [-0.3, -0.25) is 4.79 Å². The second-order valence-electron chi connectivity index (χ2n) is 5.47. The van der Waals surface area contributed by atoms with Crippen LogP contribution in [-0.2, 0) is 11.2 Å². The summed E-state index contributed by atoms with van der Waals surface area (Å²) in [5.41, 5.74) is 1.87. The van der Waals surface area contributed by atoms with Crippen molar-refractivity contribution in [2.24, 2.45) is 0 Å². The van der Waals surface area contributed by atoms with E-state index in [4.69, 9.17) is 4.74 Å². The second kappa shape index (κ2) is 5.25. The maximum Gasteiger partial charge on any atom is 0.182 e. The van der Waals surface area contributed by atoms with Crippen molar-refractivity contribution in [1.29, 1.82) is 0 Å². The van der Waals surface area contributed by atoms with Gasteiger partial charge in [0.1, 0.15) is 5.75 Å². The molecule has 1 atom stereocenters. The standard InChI is InChI=1S/C19H13BrO2/c20-15-8-9-16-13(10-15)6-7-14-11-17(21)19(22-18(14)16)12-4-2-1-3-5-12/h1-10,19H,11H2. The van der Waals surface area contributed by atoms with Crippen LogP contribution in [-0.4, -0.2) is 5.78 Å². The van der Waals surface area contributed by atoms with Crippen LogP contribution in [0.15, 0.2) is 65.1 Å². The fourth-order valence-electron chi connectivity index (χ4n) is 2.94. The van der Waals surface area contributed by atoms with Crippen molar-refractivity contribution in [2.75, 3.05) is 0 Å². The highest BCUT2D eigenvalue weighted by Crippen LogP contribution is 2.39. The first kappa shape index (κ1) is 13.5. The van der Waals surface area contributed by atoms with E-state index in [1.54, 1.807) is 0 Å². The molecule has 0 spiro atoms. The van der Waals surface area contributed by atoms with Crippen molar-refractivity contribution in [2.45, 2.75) is 12.5 Å². The van der Waals surface area contributed by atoms with E-state index < -0.39 is 6.10 Å². The van der Waals surface area contributed by atoms with Gasteiger partial charge in [0, 0.05) is 21.8 Å². The Kier molecular flexibility index (Phi) is 3.23. The molecule has 0 aliphatic carbocycles. The summed E-state index contributed by atoms with van der Waals surface area (Å²) in [6.45, 7) is 0. The Hall–Kier alpha value is -2.13. The minimum atomic E-state index is -0.511. The van der Waals surface area contributed by atoms with Gasteiger partial charge >= 0.3 is 0 Å². The number of carbonyl (C=O) groups excluding carboxylic acids is 1. The van der Waals surface area contributed by atoms with E-state index in [0.29, 0.717) is 6.42 Å². The van der Waals surface area contributed by atoms with Crippen molar-refractivity contribution in [3.05, 3.63) is 76.3 Å². The Morgan fingerprint density at radius 1 is 1.00 bits per heavy atom. The Bertz CT molecular complexity index is 871. The second-order valence-corrected chi connectivity index (χ2v) is 6.39. The lowest BCUT2D eigenvalue weighted by Crippen LogP contribution is -2.25. The van der Waals surface area contributed by atoms with E-state index >= 15 is 0 Å². The van der Waals surface area contributed by atoms with E-state index in [9.17, 15) is 4.79 Å². The topological polar surface area (TPSA) is 26.3 Å². The van der Waals surface area contributed by atoms with Gasteiger partial charge < -0.3 is 4.74 Å². The number of hydrogen-bond acceptors (Lipinski definition) is 2. The van der Waals surface area contributed by atoms with Crippen LogP contribution in [0.2, 0.25) is 0 Å². The summed E-state index contributed by atoms with van der Waals surface area (Å²) >= 11 is 3.49. The van der Waals surface area contributed by atoms with E-state index in [0.717, 1.165) is 32.1 Å². The molecule has 0 fully saturated rings. The minimum absolute atomic E-state index is 0.107.